The van der Waals surface area contributed by atoms with Gasteiger partial charge < -0.3 is 9.80 Å². The molecule has 1 N–H and O–H groups in total. The summed E-state index contributed by atoms with van der Waals surface area (Å²) in [6.45, 7) is 7.31. The third kappa shape index (κ3) is 6.45. The van der Waals surface area contributed by atoms with Gasteiger partial charge in [0.1, 0.15) is 11.4 Å². The smallest absolute Gasteiger partial charge is 0.274 e. The summed E-state index contributed by atoms with van der Waals surface area (Å²) in [7, 11) is 0. The molecule has 1 saturated heterocycles. The van der Waals surface area contributed by atoms with Crippen molar-refractivity contribution >= 4 is 11.8 Å². The standard InChI is InChI=1S/C32H36N6O2/c1-22(2)16-26-19-30(35-36-31(26)29-20-27(33-34-29)17-24-10-6-4-7-11-24)32(40)37-14-15-38(23(3)39)28(21-37)18-25-12-8-5-9-13-25/h4-13,19-20,22,28H,14-18,21H2,1-3H3,(H,33,34). The highest BCUT2D eigenvalue weighted by Gasteiger charge is 2.32. The van der Waals surface area contributed by atoms with Crippen LogP contribution in [0.5, 0.6) is 0 Å². The van der Waals surface area contributed by atoms with Crippen molar-refractivity contribution in [3.63, 3.8) is 0 Å². The van der Waals surface area contributed by atoms with Crippen LogP contribution >= 0.6 is 0 Å². The summed E-state index contributed by atoms with van der Waals surface area (Å²) in [5.41, 5.74) is 6.04. The molecule has 1 aliphatic rings. The predicted molar refractivity (Wildman–Crippen MR) is 155 cm³/mol. The first-order valence-electron chi connectivity index (χ1n) is 13.9. The molecule has 0 radical (unpaired) electrons. The number of aromatic nitrogens is 4. The quantitative estimate of drug-likeness (QED) is 0.356. The van der Waals surface area contributed by atoms with E-state index < -0.39 is 0 Å². The fraction of sp³-hybridized carbons (Fsp3) is 0.344. The van der Waals surface area contributed by atoms with Crippen molar-refractivity contribution in [1.82, 2.24) is 30.2 Å². The van der Waals surface area contributed by atoms with Crippen LogP contribution in [-0.4, -0.2) is 67.7 Å². The van der Waals surface area contributed by atoms with E-state index in [-0.39, 0.29) is 17.9 Å². The summed E-state index contributed by atoms with van der Waals surface area (Å²) in [6, 6.07) is 24.1. The minimum absolute atomic E-state index is 0.0297. The predicted octanol–water partition coefficient (Wildman–Crippen LogP) is 4.57. The van der Waals surface area contributed by atoms with Crippen molar-refractivity contribution in [3.05, 3.63) is 101 Å². The summed E-state index contributed by atoms with van der Waals surface area (Å²) in [6.07, 6.45) is 2.19. The molecule has 8 heteroatoms. The van der Waals surface area contributed by atoms with E-state index in [1.54, 1.807) is 6.92 Å². The summed E-state index contributed by atoms with van der Waals surface area (Å²) in [5.74, 6) is 0.238. The lowest BCUT2D eigenvalue weighted by molar-refractivity contribution is -0.133. The zero-order valence-electron chi connectivity index (χ0n) is 23.4. The van der Waals surface area contributed by atoms with E-state index in [0.29, 0.717) is 43.4 Å². The van der Waals surface area contributed by atoms with Crippen LogP contribution in [0.3, 0.4) is 0 Å². The SMILES string of the molecule is CC(=O)N1CCN(C(=O)c2cc(CC(C)C)c(-c3cc(Cc4ccccc4)[nH]n3)nn2)CC1Cc1ccccc1. The Kier molecular flexibility index (Phi) is 8.34. The molecule has 4 aromatic rings. The lowest BCUT2D eigenvalue weighted by atomic mass is 9.99. The van der Waals surface area contributed by atoms with Crippen LogP contribution in [-0.2, 0) is 24.1 Å². The Morgan fingerprint density at radius 3 is 2.33 bits per heavy atom. The van der Waals surface area contributed by atoms with Crippen LogP contribution in [0.1, 0.15) is 53.6 Å². The zero-order chi connectivity index (χ0) is 28.1. The maximum Gasteiger partial charge on any atom is 0.274 e. The molecule has 1 fully saturated rings. The van der Waals surface area contributed by atoms with Gasteiger partial charge in [0.25, 0.3) is 5.91 Å². The molecule has 5 rings (SSSR count). The highest BCUT2D eigenvalue weighted by atomic mass is 16.2. The summed E-state index contributed by atoms with van der Waals surface area (Å²) < 4.78 is 0. The molecule has 1 aliphatic heterocycles. The molecule has 0 bridgehead atoms. The Morgan fingerprint density at radius 1 is 0.950 bits per heavy atom. The van der Waals surface area contributed by atoms with Gasteiger partial charge in [-0.2, -0.15) is 5.10 Å². The van der Waals surface area contributed by atoms with Gasteiger partial charge in [-0.25, -0.2) is 0 Å². The Labute approximate surface area is 235 Å². The average molecular weight is 537 g/mol. The lowest BCUT2D eigenvalue weighted by Crippen LogP contribution is -2.57. The van der Waals surface area contributed by atoms with Crippen LogP contribution < -0.4 is 0 Å². The van der Waals surface area contributed by atoms with Crippen molar-refractivity contribution in [2.45, 2.75) is 46.1 Å². The second-order valence-corrected chi connectivity index (χ2v) is 10.9. The van der Waals surface area contributed by atoms with Crippen LogP contribution in [0.15, 0.2) is 72.8 Å². The van der Waals surface area contributed by atoms with Crippen molar-refractivity contribution in [1.29, 1.82) is 0 Å². The van der Waals surface area contributed by atoms with Crippen LogP contribution in [0.4, 0.5) is 0 Å². The van der Waals surface area contributed by atoms with E-state index in [2.05, 4.69) is 58.5 Å². The molecule has 0 spiro atoms. The molecule has 1 unspecified atom stereocenters. The van der Waals surface area contributed by atoms with E-state index in [1.807, 2.05) is 58.3 Å². The Bertz CT molecular complexity index is 1450. The topological polar surface area (TPSA) is 95.1 Å². The lowest BCUT2D eigenvalue weighted by Gasteiger charge is -2.41. The van der Waals surface area contributed by atoms with E-state index in [0.717, 1.165) is 35.4 Å². The molecular weight excluding hydrogens is 500 g/mol. The number of rotatable bonds is 8. The number of H-pyrrole nitrogens is 1. The Morgan fingerprint density at radius 2 is 1.65 bits per heavy atom. The maximum atomic E-state index is 13.7. The van der Waals surface area contributed by atoms with Gasteiger partial charge in [-0.05, 0) is 47.6 Å². The summed E-state index contributed by atoms with van der Waals surface area (Å²) in [4.78, 5) is 29.7. The molecule has 1 atom stereocenters. The van der Waals surface area contributed by atoms with Crippen molar-refractivity contribution < 1.29 is 9.59 Å². The highest BCUT2D eigenvalue weighted by Crippen LogP contribution is 2.25. The van der Waals surface area contributed by atoms with E-state index in [4.69, 9.17) is 0 Å². The van der Waals surface area contributed by atoms with Crippen LogP contribution in [0.2, 0.25) is 0 Å². The minimum Gasteiger partial charge on any atom is -0.336 e. The normalized spacial score (nSPS) is 15.4. The molecule has 3 heterocycles. The highest BCUT2D eigenvalue weighted by molar-refractivity contribution is 5.93. The molecule has 206 valence electrons. The van der Waals surface area contributed by atoms with Gasteiger partial charge in [-0.3, -0.25) is 14.7 Å². The number of nitrogens with zero attached hydrogens (tertiary/aromatic N) is 5. The molecule has 0 aliphatic carbocycles. The van der Waals surface area contributed by atoms with Crippen molar-refractivity contribution in [2.75, 3.05) is 19.6 Å². The molecule has 2 amide bonds. The first-order valence-corrected chi connectivity index (χ1v) is 13.9. The van der Waals surface area contributed by atoms with Crippen LogP contribution in [0.25, 0.3) is 11.4 Å². The van der Waals surface area contributed by atoms with Gasteiger partial charge in [0.15, 0.2) is 5.69 Å². The van der Waals surface area contributed by atoms with Crippen LogP contribution in [0, 0.1) is 5.92 Å². The number of nitrogens with one attached hydrogen (secondary N) is 1. The number of amides is 2. The monoisotopic (exact) mass is 536 g/mol. The third-order valence-corrected chi connectivity index (χ3v) is 7.32. The summed E-state index contributed by atoms with van der Waals surface area (Å²) >= 11 is 0. The fourth-order valence-electron chi connectivity index (χ4n) is 5.41. The second kappa shape index (κ2) is 12.2. The van der Waals surface area contributed by atoms with Gasteiger partial charge in [0, 0.05) is 38.7 Å². The number of hydrogen-bond donors (Lipinski definition) is 1. The molecule has 2 aromatic carbocycles. The summed E-state index contributed by atoms with van der Waals surface area (Å²) in [5, 5.41) is 16.6. The Hall–Kier alpha value is -4.33. The minimum atomic E-state index is -0.155. The first-order chi connectivity index (χ1) is 19.4. The second-order valence-electron chi connectivity index (χ2n) is 10.9. The van der Waals surface area contributed by atoms with Gasteiger partial charge >= 0.3 is 0 Å². The molecule has 2 aromatic heterocycles. The van der Waals surface area contributed by atoms with Crippen molar-refractivity contribution in [3.8, 4) is 11.4 Å². The van der Waals surface area contributed by atoms with E-state index >= 15 is 0 Å². The average Bonchev–Trinajstić information content (AvgIpc) is 3.41. The number of aromatic amines is 1. The fourth-order valence-corrected chi connectivity index (χ4v) is 5.41. The number of hydrogen-bond acceptors (Lipinski definition) is 5. The van der Waals surface area contributed by atoms with Gasteiger partial charge in [-0.1, -0.05) is 74.5 Å². The largest absolute Gasteiger partial charge is 0.336 e. The first kappa shape index (κ1) is 27.2. The number of carbonyl (C=O) groups is 2. The number of carbonyl (C=O) groups excluding carboxylic acids is 2. The van der Waals surface area contributed by atoms with Gasteiger partial charge in [-0.15, -0.1) is 10.2 Å². The van der Waals surface area contributed by atoms with Gasteiger partial charge in [0.2, 0.25) is 5.91 Å². The van der Waals surface area contributed by atoms with E-state index in [1.165, 1.54) is 5.56 Å². The van der Waals surface area contributed by atoms with E-state index in [9.17, 15) is 9.59 Å². The Balaban J connectivity index is 1.36. The third-order valence-electron chi connectivity index (χ3n) is 7.32. The zero-order valence-corrected chi connectivity index (χ0v) is 23.4. The number of piperazine rings is 1. The van der Waals surface area contributed by atoms with Crippen molar-refractivity contribution in [2.24, 2.45) is 5.92 Å². The molecule has 40 heavy (non-hydrogen) atoms. The maximum absolute atomic E-state index is 13.7. The molecular formula is C32H36N6O2. The molecule has 8 nitrogen and oxygen atoms in total. The molecule has 0 saturated carbocycles. The van der Waals surface area contributed by atoms with Gasteiger partial charge in [0.05, 0.1) is 6.04 Å². The number of benzene rings is 2.